The normalized spacial score (nSPS) is 11.4. The molecule has 2 nitrogen and oxygen atoms in total. The number of rotatable bonds is 3. The summed E-state index contributed by atoms with van der Waals surface area (Å²) in [5.74, 6) is -0.171. The Hall–Kier alpha value is -1.82. The number of hydrogen-bond acceptors (Lipinski definition) is 2. The molecule has 2 aromatic rings. The van der Waals surface area contributed by atoms with E-state index in [-0.39, 0.29) is 17.3 Å². The fourth-order valence-electron chi connectivity index (χ4n) is 1.92. The van der Waals surface area contributed by atoms with Crippen LogP contribution in [-0.4, -0.2) is 5.78 Å². The molecule has 0 aliphatic heterocycles. The summed E-state index contributed by atoms with van der Waals surface area (Å²) < 4.78 is 45.1. The van der Waals surface area contributed by atoms with Crippen molar-refractivity contribution in [2.45, 2.75) is 20.0 Å². The van der Waals surface area contributed by atoms with Gasteiger partial charge < -0.3 is 4.74 Å². The van der Waals surface area contributed by atoms with Crippen molar-refractivity contribution in [2.75, 3.05) is 0 Å². The third kappa shape index (κ3) is 3.50. The van der Waals surface area contributed by atoms with Gasteiger partial charge in [0.2, 0.25) is 0 Å². The standard InChI is InChI=1S/C16H12BrF3O2/c1-9-4-3-5-12(16(18,19)20)15(9)22-14-7-6-11(10(2)21)8-13(14)17/h3-8H,1-2H3. The Morgan fingerprint density at radius 3 is 2.41 bits per heavy atom. The first kappa shape index (κ1) is 16.5. The lowest BCUT2D eigenvalue weighted by Crippen LogP contribution is -2.08. The summed E-state index contributed by atoms with van der Waals surface area (Å²) in [5, 5.41) is 0. The molecule has 0 unspecified atom stereocenters. The number of hydrogen-bond donors (Lipinski definition) is 0. The molecule has 116 valence electrons. The van der Waals surface area contributed by atoms with E-state index >= 15 is 0 Å². The van der Waals surface area contributed by atoms with Crippen LogP contribution in [-0.2, 0) is 6.18 Å². The van der Waals surface area contributed by atoms with E-state index in [1.165, 1.54) is 31.2 Å². The predicted octanol–water partition coefficient (Wildman–Crippen LogP) is 5.77. The lowest BCUT2D eigenvalue weighted by Gasteiger charge is -2.16. The van der Waals surface area contributed by atoms with E-state index in [4.69, 9.17) is 4.74 Å². The number of benzene rings is 2. The zero-order valence-corrected chi connectivity index (χ0v) is 13.4. The molecule has 2 rings (SSSR count). The summed E-state index contributed by atoms with van der Waals surface area (Å²) >= 11 is 3.21. The van der Waals surface area contributed by atoms with Gasteiger partial charge in [0, 0.05) is 5.56 Å². The van der Waals surface area contributed by atoms with Crippen LogP contribution in [0.15, 0.2) is 40.9 Å². The summed E-state index contributed by atoms with van der Waals surface area (Å²) in [6.07, 6.45) is -4.51. The highest BCUT2D eigenvalue weighted by Gasteiger charge is 2.35. The number of ether oxygens (including phenoxy) is 1. The molecule has 0 radical (unpaired) electrons. The Labute approximate surface area is 134 Å². The number of aryl methyl sites for hydroxylation is 1. The Morgan fingerprint density at radius 1 is 1.18 bits per heavy atom. The lowest BCUT2D eigenvalue weighted by molar-refractivity contribution is -0.138. The molecule has 0 spiro atoms. The van der Waals surface area contributed by atoms with Gasteiger partial charge in [0.05, 0.1) is 10.0 Å². The van der Waals surface area contributed by atoms with Crippen LogP contribution in [0.4, 0.5) is 13.2 Å². The minimum Gasteiger partial charge on any atom is -0.455 e. The molecule has 0 aliphatic carbocycles. The van der Waals surface area contributed by atoms with Crippen LogP contribution in [0.1, 0.15) is 28.4 Å². The van der Waals surface area contributed by atoms with Gasteiger partial charge in [-0.15, -0.1) is 0 Å². The van der Waals surface area contributed by atoms with Gasteiger partial charge in [-0.3, -0.25) is 4.79 Å². The molecule has 22 heavy (non-hydrogen) atoms. The van der Waals surface area contributed by atoms with Crippen LogP contribution in [0.3, 0.4) is 0 Å². The first-order valence-electron chi connectivity index (χ1n) is 6.35. The van der Waals surface area contributed by atoms with Crippen LogP contribution in [0.2, 0.25) is 0 Å². The third-order valence-corrected chi connectivity index (χ3v) is 3.69. The third-order valence-electron chi connectivity index (χ3n) is 3.07. The highest BCUT2D eigenvalue weighted by molar-refractivity contribution is 9.10. The van der Waals surface area contributed by atoms with Gasteiger partial charge >= 0.3 is 6.18 Å². The molecule has 0 aliphatic rings. The summed E-state index contributed by atoms with van der Waals surface area (Å²) in [5.41, 5.74) is -0.0209. The maximum absolute atomic E-state index is 13.1. The Kier molecular flexibility index (Phi) is 4.60. The van der Waals surface area contributed by atoms with Crippen LogP contribution in [0.5, 0.6) is 11.5 Å². The molecule has 2 aromatic carbocycles. The SMILES string of the molecule is CC(=O)c1ccc(Oc2c(C)cccc2C(F)(F)F)c(Br)c1. The van der Waals surface area contributed by atoms with Crippen LogP contribution in [0, 0.1) is 6.92 Å². The number of para-hydroxylation sites is 1. The van der Waals surface area contributed by atoms with Crippen molar-refractivity contribution in [3.8, 4) is 11.5 Å². The van der Waals surface area contributed by atoms with Crippen LogP contribution in [0.25, 0.3) is 0 Å². The molecule has 0 heterocycles. The molecule has 0 bridgehead atoms. The van der Waals surface area contributed by atoms with E-state index in [9.17, 15) is 18.0 Å². The van der Waals surface area contributed by atoms with Crippen LogP contribution < -0.4 is 4.74 Å². The van der Waals surface area contributed by atoms with Gasteiger partial charge in [0.25, 0.3) is 0 Å². The second-order valence-electron chi connectivity index (χ2n) is 4.75. The van der Waals surface area contributed by atoms with Crippen molar-refractivity contribution in [2.24, 2.45) is 0 Å². The second kappa shape index (κ2) is 6.12. The first-order chi connectivity index (χ1) is 10.2. The van der Waals surface area contributed by atoms with E-state index in [0.29, 0.717) is 15.6 Å². The summed E-state index contributed by atoms with van der Waals surface area (Å²) in [7, 11) is 0. The summed E-state index contributed by atoms with van der Waals surface area (Å²) in [4.78, 5) is 11.3. The number of carbonyl (C=O) groups excluding carboxylic acids is 1. The van der Waals surface area contributed by atoms with Crippen molar-refractivity contribution in [1.29, 1.82) is 0 Å². The molecule has 0 fully saturated rings. The summed E-state index contributed by atoms with van der Waals surface area (Å²) in [6, 6.07) is 8.34. The van der Waals surface area contributed by atoms with Crippen molar-refractivity contribution < 1.29 is 22.7 Å². The van der Waals surface area contributed by atoms with Gasteiger partial charge in [-0.1, -0.05) is 12.1 Å². The van der Waals surface area contributed by atoms with Gasteiger partial charge in [0.1, 0.15) is 11.5 Å². The zero-order valence-electron chi connectivity index (χ0n) is 11.8. The van der Waals surface area contributed by atoms with E-state index < -0.39 is 11.7 Å². The highest BCUT2D eigenvalue weighted by Crippen LogP contribution is 2.41. The number of carbonyl (C=O) groups is 1. The Balaban J connectivity index is 2.46. The molecule has 6 heteroatoms. The molecular formula is C16H12BrF3O2. The number of halogens is 4. The molecule has 0 saturated carbocycles. The Bertz CT molecular complexity index is 724. The minimum atomic E-state index is -4.51. The molecular weight excluding hydrogens is 361 g/mol. The fraction of sp³-hybridized carbons (Fsp3) is 0.188. The van der Waals surface area contributed by atoms with E-state index in [1.807, 2.05) is 0 Å². The highest BCUT2D eigenvalue weighted by atomic mass is 79.9. The molecule has 0 N–H and O–H groups in total. The topological polar surface area (TPSA) is 26.3 Å². The van der Waals surface area contributed by atoms with E-state index in [0.717, 1.165) is 6.07 Å². The van der Waals surface area contributed by atoms with Gasteiger partial charge in [-0.25, -0.2) is 0 Å². The minimum absolute atomic E-state index is 0.140. The second-order valence-corrected chi connectivity index (χ2v) is 5.61. The number of alkyl halides is 3. The summed E-state index contributed by atoms with van der Waals surface area (Å²) in [6.45, 7) is 2.95. The van der Waals surface area contributed by atoms with Crippen molar-refractivity contribution in [1.82, 2.24) is 0 Å². The maximum atomic E-state index is 13.1. The lowest BCUT2D eigenvalue weighted by atomic mass is 10.1. The van der Waals surface area contributed by atoms with E-state index in [1.54, 1.807) is 13.0 Å². The maximum Gasteiger partial charge on any atom is 0.419 e. The van der Waals surface area contributed by atoms with Crippen molar-refractivity contribution in [3.63, 3.8) is 0 Å². The van der Waals surface area contributed by atoms with Crippen molar-refractivity contribution >= 4 is 21.7 Å². The first-order valence-corrected chi connectivity index (χ1v) is 7.14. The van der Waals surface area contributed by atoms with Gasteiger partial charge in [0.15, 0.2) is 5.78 Å². The smallest absolute Gasteiger partial charge is 0.419 e. The number of ketones is 1. The number of Topliss-reactive ketones (excluding diaryl/α,β-unsaturated/α-hetero) is 1. The predicted molar refractivity (Wildman–Crippen MR) is 80.4 cm³/mol. The largest absolute Gasteiger partial charge is 0.455 e. The van der Waals surface area contributed by atoms with E-state index in [2.05, 4.69) is 15.9 Å². The van der Waals surface area contributed by atoms with Crippen LogP contribution >= 0.6 is 15.9 Å². The van der Waals surface area contributed by atoms with Crippen molar-refractivity contribution in [3.05, 3.63) is 57.6 Å². The average Bonchev–Trinajstić information content (AvgIpc) is 2.41. The molecule has 0 saturated heterocycles. The molecule has 0 atom stereocenters. The van der Waals surface area contributed by atoms with Gasteiger partial charge in [-0.2, -0.15) is 13.2 Å². The Morgan fingerprint density at radius 2 is 1.86 bits per heavy atom. The molecule has 0 amide bonds. The zero-order chi connectivity index (χ0) is 16.5. The quantitative estimate of drug-likeness (QED) is 0.639. The average molecular weight is 373 g/mol. The monoisotopic (exact) mass is 372 g/mol. The van der Waals surface area contributed by atoms with Gasteiger partial charge in [-0.05, 0) is 59.6 Å². The fourth-order valence-corrected chi connectivity index (χ4v) is 2.38. The molecule has 0 aromatic heterocycles.